The largest absolute Gasteiger partial charge is 0.497 e. The zero-order valence-corrected chi connectivity index (χ0v) is 16.8. The molecule has 0 unspecified atom stereocenters. The van der Waals surface area contributed by atoms with E-state index >= 15 is 0 Å². The summed E-state index contributed by atoms with van der Waals surface area (Å²) in [6.45, 7) is 5.25. The molecule has 1 amide bonds. The van der Waals surface area contributed by atoms with E-state index in [2.05, 4.69) is 15.2 Å². The minimum absolute atomic E-state index is 0.0688. The third-order valence-electron chi connectivity index (χ3n) is 6.30. The Labute approximate surface area is 169 Å². The molecule has 3 fully saturated rings. The minimum atomic E-state index is -0.0688. The van der Waals surface area contributed by atoms with E-state index in [4.69, 9.17) is 9.15 Å². The van der Waals surface area contributed by atoms with E-state index < -0.39 is 0 Å². The lowest BCUT2D eigenvalue weighted by molar-refractivity contribution is 0.0621. The van der Waals surface area contributed by atoms with Gasteiger partial charge in [-0.2, -0.15) is 0 Å². The van der Waals surface area contributed by atoms with E-state index in [-0.39, 0.29) is 11.9 Å². The molecule has 2 bridgehead atoms. The summed E-state index contributed by atoms with van der Waals surface area (Å²) < 4.78 is 11.3. The highest BCUT2D eigenvalue weighted by Crippen LogP contribution is 2.31. The molecule has 29 heavy (non-hydrogen) atoms. The second-order valence-electron chi connectivity index (χ2n) is 8.07. The average molecular weight is 391 g/mol. The first-order chi connectivity index (χ1) is 14.1. The number of fused-ring (bicyclic) bond motifs is 4. The number of aryl methyl sites for hydroxylation is 1. The number of nitrogens with zero attached hydrogens (tertiary/aromatic N) is 2. The van der Waals surface area contributed by atoms with Crippen molar-refractivity contribution in [3.05, 3.63) is 47.5 Å². The maximum Gasteiger partial charge on any atom is 0.253 e. The topological polar surface area (TPSA) is 67.6 Å². The molecule has 3 saturated heterocycles. The highest BCUT2D eigenvalue weighted by atomic mass is 16.5. The molecule has 6 heteroatoms. The van der Waals surface area contributed by atoms with E-state index in [0.717, 1.165) is 36.5 Å². The van der Waals surface area contributed by atoms with Gasteiger partial charge in [-0.25, -0.2) is 4.98 Å². The van der Waals surface area contributed by atoms with Crippen LogP contribution >= 0.6 is 0 Å². The van der Waals surface area contributed by atoms with Crippen molar-refractivity contribution in [1.29, 1.82) is 0 Å². The van der Waals surface area contributed by atoms with Gasteiger partial charge in [0.15, 0.2) is 5.58 Å². The summed E-state index contributed by atoms with van der Waals surface area (Å²) in [5.41, 5.74) is 3.70. The van der Waals surface area contributed by atoms with Gasteiger partial charge >= 0.3 is 0 Å². The molecule has 0 spiro atoms. The fourth-order valence-corrected chi connectivity index (χ4v) is 4.62. The van der Waals surface area contributed by atoms with Crippen LogP contribution in [0.15, 0.2) is 40.8 Å². The van der Waals surface area contributed by atoms with E-state index in [1.54, 1.807) is 7.11 Å². The molecule has 1 aromatic heterocycles. The van der Waals surface area contributed by atoms with Crippen molar-refractivity contribution in [3.63, 3.8) is 0 Å². The van der Waals surface area contributed by atoms with Crippen LogP contribution in [0.2, 0.25) is 0 Å². The monoisotopic (exact) mass is 391 g/mol. The lowest BCUT2D eigenvalue weighted by Crippen LogP contribution is -2.57. The van der Waals surface area contributed by atoms with Crippen LogP contribution in [0.3, 0.4) is 0 Å². The van der Waals surface area contributed by atoms with E-state index in [1.165, 1.54) is 12.8 Å². The molecule has 150 valence electrons. The summed E-state index contributed by atoms with van der Waals surface area (Å²) in [6.07, 6.45) is 2.33. The summed E-state index contributed by atoms with van der Waals surface area (Å²) >= 11 is 0. The maximum absolute atomic E-state index is 13.1. The van der Waals surface area contributed by atoms with Crippen molar-refractivity contribution in [2.75, 3.05) is 26.7 Å². The van der Waals surface area contributed by atoms with Crippen molar-refractivity contribution in [1.82, 2.24) is 15.2 Å². The molecule has 1 atom stereocenters. The predicted octanol–water partition coefficient (Wildman–Crippen LogP) is 3.64. The minimum Gasteiger partial charge on any atom is -0.497 e. The Kier molecular flexibility index (Phi) is 4.51. The van der Waals surface area contributed by atoms with Crippen LogP contribution in [0, 0.1) is 12.8 Å². The number of nitrogens with one attached hydrogen (secondary N) is 1. The second-order valence-corrected chi connectivity index (χ2v) is 8.07. The van der Waals surface area contributed by atoms with Crippen molar-refractivity contribution in [3.8, 4) is 17.2 Å². The van der Waals surface area contributed by atoms with Crippen LogP contribution in [-0.4, -0.2) is 48.6 Å². The molecule has 3 aliphatic heterocycles. The molecule has 0 saturated carbocycles. The van der Waals surface area contributed by atoms with Gasteiger partial charge in [0.25, 0.3) is 5.91 Å². The Morgan fingerprint density at radius 1 is 1.24 bits per heavy atom. The molecule has 4 heterocycles. The Morgan fingerprint density at radius 2 is 2.07 bits per heavy atom. The highest BCUT2D eigenvalue weighted by molar-refractivity contribution is 6.05. The van der Waals surface area contributed by atoms with Crippen LogP contribution in [0.1, 0.15) is 28.8 Å². The van der Waals surface area contributed by atoms with E-state index in [0.29, 0.717) is 28.5 Å². The summed E-state index contributed by atoms with van der Waals surface area (Å²) in [4.78, 5) is 20.2. The number of piperidine rings is 3. The molecule has 6 rings (SSSR count). The zero-order chi connectivity index (χ0) is 20.0. The SMILES string of the molecule is COc1ccc(-c2nc3c(C(=O)N[C@@H]4CN5CCC4CC5)cccc3o2)c(C)c1. The van der Waals surface area contributed by atoms with Crippen LogP contribution in [0.25, 0.3) is 22.6 Å². The van der Waals surface area contributed by atoms with Crippen LogP contribution in [0.5, 0.6) is 5.75 Å². The zero-order valence-electron chi connectivity index (χ0n) is 16.8. The van der Waals surface area contributed by atoms with Gasteiger partial charge in [0.1, 0.15) is 11.3 Å². The third-order valence-corrected chi connectivity index (χ3v) is 6.30. The van der Waals surface area contributed by atoms with Gasteiger partial charge < -0.3 is 19.4 Å². The Bertz CT molecular complexity index is 1070. The maximum atomic E-state index is 13.1. The number of hydrogen-bond acceptors (Lipinski definition) is 5. The number of rotatable bonds is 4. The highest BCUT2D eigenvalue weighted by Gasteiger charge is 2.35. The Morgan fingerprint density at radius 3 is 2.76 bits per heavy atom. The number of amides is 1. The van der Waals surface area contributed by atoms with Crippen LogP contribution in [-0.2, 0) is 0 Å². The first kappa shape index (κ1) is 18.2. The molecule has 1 N–H and O–H groups in total. The average Bonchev–Trinajstić information content (AvgIpc) is 3.18. The Balaban J connectivity index is 1.45. The number of methoxy groups -OCH3 is 1. The number of para-hydroxylation sites is 1. The first-order valence-corrected chi connectivity index (χ1v) is 10.2. The van der Waals surface area contributed by atoms with Crippen molar-refractivity contribution in [2.24, 2.45) is 5.92 Å². The predicted molar refractivity (Wildman–Crippen MR) is 111 cm³/mol. The van der Waals surface area contributed by atoms with Gasteiger partial charge in [-0.15, -0.1) is 0 Å². The number of oxazole rings is 1. The van der Waals surface area contributed by atoms with Crippen molar-refractivity contribution < 1.29 is 13.9 Å². The number of carbonyl (C=O) groups is 1. The summed E-state index contributed by atoms with van der Waals surface area (Å²) in [6, 6.07) is 11.5. The number of aromatic nitrogens is 1. The number of carbonyl (C=O) groups excluding carboxylic acids is 1. The van der Waals surface area contributed by atoms with Gasteiger partial charge in [-0.1, -0.05) is 6.07 Å². The van der Waals surface area contributed by atoms with Gasteiger partial charge in [0, 0.05) is 18.2 Å². The molecular formula is C23H25N3O3. The van der Waals surface area contributed by atoms with Crippen molar-refractivity contribution >= 4 is 17.0 Å². The van der Waals surface area contributed by atoms with Gasteiger partial charge in [0.2, 0.25) is 5.89 Å². The molecule has 6 nitrogen and oxygen atoms in total. The smallest absolute Gasteiger partial charge is 0.253 e. The van der Waals surface area contributed by atoms with E-state index in [9.17, 15) is 4.79 Å². The van der Waals surface area contributed by atoms with Gasteiger partial charge in [0.05, 0.1) is 12.7 Å². The molecule has 0 radical (unpaired) electrons. The quantitative estimate of drug-likeness (QED) is 0.736. The van der Waals surface area contributed by atoms with Crippen molar-refractivity contribution in [2.45, 2.75) is 25.8 Å². The molecule has 3 aliphatic rings. The third kappa shape index (κ3) is 3.27. The summed E-state index contributed by atoms with van der Waals surface area (Å²) in [5.74, 6) is 1.82. The normalized spacial score (nSPS) is 23.3. The summed E-state index contributed by atoms with van der Waals surface area (Å²) in [7, 11) is 1.65. The Hall–Kier alpha value is -2.86. The molecular weight excluding hydrogens is 366 g/mol. The molecule has 2 aromatic carbocycles. The van der Waals surface area contributed by atoms with E-state index in [1.807, 2.05) is 43.3 Å². The first-order valence-electron chi connectivity index (χ1n) is 10.2. The standard InChI is InChI=1S/C23H25N3O3/c1-14-12-16(28-2)6-7-17(14)23-25-21-18(4-3-5-20(21)29-23)22(27)24-19-13-26-10-8-15(19)9-11-26/h3-7,12,15,19H,8-11,13H2,1-2H3,(H,24,27)/t19-/m1/s1. The lowest BCUT2D eigenvalue weighted by Gasteiger charge is -2.44. The fraction of sp³-hybridized carbons (Fsp3) is 0.391. The van der Waals surface area contributed by atoms with Crippen LogP contribution < -0.4 is 10.1 Å². The molecule has 0 aliphatic carbocycles. The van der Waals surface area contributed by atoms with Gasteiger partial charge in [-0.3, -0.25) is 4.79 Å². The number of ether oxygens (including phenoxy) is 1. The number of benzene rings is 2. The lowest BCUT2D eigenvalue weighted by atomic mass is 9.84. The van der Waals surface area contributed by atoms with Gasteiger partial charge in [-0.05, 0) is 74.7 Å². The second kappa shape index (κ2) is 7.19. The molecule has 3 aromatic rings. The summed E-state index contributed by atoms with van der Waals surface area (Å²) in [5, 5.41) is 3.26. The number of hydrogen-bond donors (Lipinski definition) is 1. The fourth-order valence-electron chi connectivity index (χ4n) is 4.62. The van der Waals surface area contributed by atoms with Crippen LogP contribution in [0.4, 0.5) is 0 Å².